The number of aliphatic imine (C=N–C) groups is 1. The Morgan fingerprint density at radius 3 is 2.90 bits per heavy atom. The van der Waals surface area contributed by atoms with Crippen LogP contribution in [0.3, 0.4) is 0 Å². The highest BCUT2D eigenvalue weighted by Gasteiger charge is 2.33. The van der Waals surface area contributed by atoms with E-state index in [9.17, 15) is 0 Å². The first-order valence-corrected chi connectivity index (χ1v) is 7.75. The van der Waals surface area contributed by atoms with Crippen LogP contribution in [0.25, 0.3) is 0 Å². The summed E-state index contributed by atoms with van der Waals surface area (Å²) in [4.78, 5) is 11.4. The Morgan fingerprint density at radius 1 is 1.20 bits per heavy atom. The van der Waals surface area contributed by atoms with E-state index in [2.05, 4.69) is 20.0 Å². The minimum Gasteiger partial charge on any atom is -0.378 e. The molecule has 4 rings (SSSR count). The quantitative estimate of drug-likeness (QED) is 0.739. The molecule has 2 aliphatic heterocycles. The van der Waals surface area contributed by atoms with Crippen molar-refractivity contribution in [3.8, 4) is 0 Å². The Hall–Kier alpha value is -1.14. The van der Waals surface area contributed by atoms with E-state index in [1.54, 1.807) is 0 Å². The summed E-state index contributed by atoms with van der Waals surface area (Å²) >= 11 is 6.40. The normalized spacial score (nSPS) is 29.6. The molecule has 2 unspecified atom stereocenters. The van der Waals surface area contributed by atoms with Gasteiger partial charge in [0.1, 0.15) is 0 Å². The van der Waals surface area contributed by atoms with Gasteiger partial charge in [0.25, 0.3) is 0 Å². The Labute approximate surface area is 122 Å². The number of hydrogen-bond donors (Lipinski definition) is 0. The Morgan fingerprint density at radius 2 is 2.05 bits per heavy atom. The maximum Gasteiger partial charge on any atom is 0.249 e. The summed E-state index contributed by atoms with van der Waals surface area (Å²) in [7, 11) is 0. The van der Waals surface area contributed by atoms with Gasteiger partial charge in [0.15, 0.2) is 0 Å². The highest BCUT2D eigenvalue weighted by Crippen LogP contribution is 2.33. The lowest BCUT2D eigenvalue weighted by Crippen LogP contribution is -2.37. The van der Waals surface area contributed by atoms with Crippen LogP contribution in [-0.4, -0.2) is 52.2 Å². The molecule has 0 amide bonds. The molecule has 1 aliphatic carbocycles. The molecule has 0 N–H and O–H groups in total. The standard InChI is InChI=1S/C13H18ClN5O/c14-10-3-1-2-9-8-19-12(15-11(9)10)16-13(17-19)18-4-6-20-7-5-18/h9-10H,1-8H2. The van der Waals surface area contributed by atoms with E-state index >= 15 is 0 Å². The largest absolute Gasteiger partial charge is 0.378 e. The second-order valence-corrected chi connectivity index (χ2v) is 6.15. The first-order valence-electron chi connectivity index (χ1n) is 7.31. The van der Waals surface area contributed by atoms with E-state index < -0.39 is 0 Å². The molecule has 1 saturated carbocycles. The summed E-state index contributed by atoms with van der Waals surface area (Å²) in [5.41, 5.74) is 1.12. The molecule has 0 spiro atoms. The van der Waals surface area contributed by atoms with E-state index in [-0.39, 0.29) is 5.38 Å². The van der Waals surface area contributed by atoms with Gasteiger partial charge in [0.05, 0.1) is 25.1 Å². The molecule has 7 heteroatoms. The Balaban J connectivity index is 1.63. The Bertz CT molecular complexity index is 537. The van der Waals surface area contributed by atoms with E-state index in [0.29, 0.717) is 11.9 Å². The van der Waals surface area contributed by atoms with Crippen LogP contribution in [0.15, 0.2) is 4.99 Å². The number of aromatic nitrogens is 3. The number of ether oxygens (including phenoxy) is 1. The number of nitrogens with zero attached hydrogens (tertiary/aromatic N) is 5. The van der Waals surface area contributed by atoms with E-state index in [1.165, 1.54) is 6.42 Å². The highest BCUT2D eigenvalue weighted by atomic mass is 35.5. The van der Waals surface area contributed by atoms with Crippen molar-refractivity contribution in [3.05, 3.63) is 0 Å². The molecule has 0 bridgehead atoms. The van der Waals surface area contributed by atoms with Crippen LogP contribution in [0.5, 0.6) is 0 Å². The molecule has 1 aromatic rings. The molecule has 3 heterocycles. The van der Waals surface area contributed by atoms with Gasteiger partial charge in [-0.1, -0.05) is 6.42 Å². The number of rotatable bonds is 1. The van der Waals surface area contributed by atoms with Crippen molar-refractivity contribution >= 4 is 29.2 Å². The van der Waals surface area contributed by atoms with Crippen LogP contribution in [0, 0.1) is 5.92 Å². The summed E-state index contributed by atoms with van der Waals surface area (Å²) in [5.74, 6) is 1.93. The number of halogens is 1. The summed E-state index contributed by atoms with van der Waals surface area (Å²) in [5, 5.41) is 4.69. The third kappa shape index (κ3) is 2.11. The minimum atomic E-state index is 0.0750. The predicted octanol–water partition coefficient (Wildman–Crippen LogP) is 1.61. The van der Waals surface area contributed by atoms with Crippen molar-refractivity contribution in [1.29, 1.82) is 0 Å². The monoisotopic (exact) mass is 295 g/mol. The van der Waals surface area contributed by atoms with Gasteiger partial charge in [-0.25, -0.2) is 9.67 Å². The Kier molecular flexibility index (Phi) is 3.15. The van der Waals surface area contributed by atoms with Crippen LogP contribution in [0.1, 0.15) is 19.3 Å². The number of morpholine rings is 1. The van der Waals surface area contributed by atoms with Crippen molar-refractivity contribution in [3.63, 3.8) is 0 Å². The van der Waals surface area contributed by atoms with Gasteiger partial charge < -0.3 is 9.64 Å². The average Bonchev–Trinajstić information content (AvgIpc) is 2.90. The maximum atomic E-state index is 6.40. The summed E-state index contributed by atoms with van der Waals surface area (Å²) < 4.78 is 7.30. The van der Waals surface area contributed by atoms with Crippen molar-refractivity contribution in [2.24, 2.45) is 10.9 Å². The maximum absolute atomic E-state index is 6.40. The van der Waals surface area contributed by atoms with Crippen molar-refractivity contribution in [2.75, 3.05) is 31.2 Å². The van der Waals surface area contributed by atoms with Crippen LogP contribution in [0.2, 0.25) is 0 Å². The predicted molar refractivity (Wildman–Crippen MR) is 77.1 cm³/mol. The first-order chi connectivity index (χ1) is 9.81. The molecular formula is C13H18ClN5O. The van der Waals surface area contributed by atoms with Crippen LogP contribution in [-0.2, 0) is 11.3 Å². The van der Waals surface area contributed by atoms with Crippen LogP contribution < -0.4 is 4.90 Å². The molecular weight excluding hydrogens is 278 g/mol. The smallest absolute Gasteiger partial charge is 0.249 e. The third-order valence-electron chi connectivity index (χ3n) is 4.31. The summed E-state index contributed by atoms with van der Waals surface area (Å²) in [6.07, 6.45) is 3.37. The molecule has 0 radical (unpaired) electrons. The van der Waals surface area contributed by atoms with Crippen molar-refractivity contribution in [2.45, 2.75) is 31.2 Å². The highest BCUT2D eigenvalue weighted by molar-refractivity contribution is 6.32. The first kappa shape index (κ1) is 12.6. The second-order valence-electron chi connectivity index (χ2n) is 5.63. The minimum absolute atomic E-state index is 0.0750. The van der Waals surface area contributed by atoms with Gasteiger partial charge in [-0.05, 0) is 12.8 Å². The number of alkyl halides is 1. The molecule has 2 atom stereocenters. The van der Waals surface area contributed by atoms with Gasteiger partial charge in [-0.3, -0.25) is 0 Å². The summed E-state index contributed by atoms with van der Waals surface area (Å²) in [6.45, 7) is 4.05. The van der Waals surface area contributed by atoms with E-state index in [4.69, 9.17) is 16.3 Å². The molecule has 20 heavy (non-hydrogen) atoms. The topological polar surface area (TPSA) is 55.5 Å². The van der Waals surface area contributed by atoms with Gasteiger partial charge in [0.2, 0.25) is 11.9 Å². The lowest BCUT2D eigenvalue weighted by Gasteiger charge is -2.30. The fraction of sp³-hybridized carbons (Fsp3) is 0.769. The van der Waals surface area contributed by atoms with Crippen LogP contribution >= 0.6 is 11.6 Å². The third-order valence-corrected chi connectivity index (χ3v) is 4.75. The number of hydrogen-bond acceptors (Lipinski definition) is 5. The zero-order chi connectivity index (χ0) is 13.5. The van der Waals surface area contributed by atoms with Crippen LogP contribution in [0.4, 0.5) is 11.9 Å². The number of fused-ring (bicyclic) bond motifs is 2. The average molecular weight is 296 g/mol. The molecule has 2 fully saturated rings. The lowest BCUT2D eigenvalue weighted by atomic mass is 9.86. The van der Waals surface area contributed by atoms with E-state index in [0.717, 1.165) is 57.3 Å². The second kappa shape index (κ2) is 5.00. The van der Waals surface area contributed by atoms with Gasteiger partial charge in [0, 0.05) is 24.7 Å². The summed E-state index contributed by atoms with van der Waals surface area (Å²) in [6, 6.07) is 0. The fourth-order valence-corrected chi connectivity index (χ4v) is 3.57. The van der Waals surface area contributed by atoms with Gasteiger partial charge in [-0.2, -0.15) is 4.98 Å². The lowest BCUT2D eigenvalue weighted by molar-refractivity contribution is 0.122. The van der Waals surface area contributed by atoms with E-state index in [1.807, 2.05) is 4.68 Å². The number of anilines is 1. The molecule has 1 saturated heterocycles. The zero-order valence-corrected chi connectivity index (χ0v) is 12.1. The van der Waals surface area contributed by atoms with Gasteiger partial charge >= 0.3 is 0 Å². The van der Waals surface area contributed by atoms with Gasteiger partial charge in [-0.15, -0.1) is 16.7 Å². The van der Waals surface area contributed by atoms with Crippen molar-refractivity contribution in [1.82, 2.24) is 14.8 Å². The van der Waals surface area contributed by atoms with Crippen molar-refractivity contribution < 1.29 is 4.74 Å². The SMILES string of the molecule is ClC1CCCC2Cn3nc(N4CCOCC4)nc3N=C12. The fourth-order valence-electron chi connectivity index (χ4n) is 3.19. The molecule has 0 aromatic carbocycles. The molecule has 6 nitrogen and oxygen atoms in total. The zero-order valence-electron chi connectivity index (χ0n) is 11.3. The molecule has 108 valence electrons. The molecule has 3 aliphatic rings. The molecule has 1 aromatic heterocycles.